The van der Waals surface area contributed by atoms with Gasteiger partial charge in [-0.2, -0.15) is 0 Å². The molecule has 0 fully saturated rings. The number of nitrogens with one attached hydrogen (secondary N) is 1. The van der Waals surface area contributed by atoms with Crippen LogP contribution in [0.3, 0.4) is 0 Å². The smallest absolute Gasteiger partial charge is 0.206 e. The van der Waals surface area contributed by atoms with Gasteiger partial charge in [0.15, 0.2) is 5.60 Å². The summed E-state index contributed by atoms with van der Waals surface area (Å²) in [4.78, 5) is 3.83. The SMILES string of the molecule is CC(C)(C)C=C(c1c(C(O)(c2ccccc2)c2ccccc2)[nH]c2ccccc12)S(=O)(=O)c1ccc2ccccc2c1. The Morgan fingerprint density at radius 2 is 1.24 bits per heavy atom. The number of hydrogen-bond acceptors (Lipinski definition) is 3. The van der Waals surface area contributed by atoms with Crippen LogP contribution in [0, 0.1) is 5.41 Å². The molecular weight excluding hydrogens is 538 g/mol. The molecule has 5 heteroatoms. The number of aromatic nitrogens is 1. The van der Waals surface area contributed by atoms with Gasteiger partial charge in [0.1, 0.15) is 0 Å². The van der Waals surface area contributed by atoms with Crippen LogP contribution in [0.1, 0.15) is 43.2 Å². The van der Waals surface area contributed by atoms with Crippen LogP contribution in [0.4, 0.5) is 0 Å². The van der Waals surface area contributed by atoms with Gasteiger partial charge in [-0.05, 0) is 45.5 Å². The lowest BCUT2D eigenvalue weighted by Gasteiger charge is -2.31. The van der Waals surface area contributed by atoms with Crippen LogP contribution in [-0.4, -0.2) is 18.5 Å². The number of H-pyrrole nitrogens is 1. The van der Waals surface area contributed by atoms with Gasteiger partial charge in [0, 0.05) is 16.5 Å². The average molecular weight is 572 g/mol. The Kier molecular flexibility index (Phi) is 6.88. The monoisotopic (exact) mass is 571 g/mol. The Morgan fingerprint density at radius 3 is 1.86 bits per heavy atom. The second-order valence-electron chi connectivity index (χ2n) is 11.8. The summed E-state index contributed by atoms with van der Waals surface area (Å²) in [5, 5.41) is 15.4. The van der Waals surface area contributed by atoms with Gasteiger partial charge in [0.2, 0.25) is 9.84 Å². The molecule has 0 aliphatic carbocycles. The van der Waals surface area contributed by atoms with Crippen molar-refractivity contribution >= 4 is 36.4 Å². The zero-order valence-electron chi connectivity index (χ0n) is 23.9. The van der Waals surface area contributed by atoms with Crippen LogP contribution < -0.4 is 0 Å². The van der Waals surface area contributed by atoms with Crippen molar-refractivity contribution < 1.29 is 13.5 Å². The molecule has 6 rings (SSSR count). The average Bonchev–Trinajstić information content (AvgIpc) is 3.39. The molecule has 0 radical (unpaired) electrons. The standard InChI is InChI=1S/C37H33NO3S/c1-36(2,3)25-33(42(40,41)30-23-22-26-14-10-11-15-27(26)24-30)34-31-20-12-13-21-32(31)38-35(34)37(39,28-16-6-4-7-17-28)29-18-8-5-9-19-29/h4-25,38-39H,1-3H3. The number of aliphatic hydroxyl groups is 1. The van der Waals surface area contributed by atoms with Crippen molar-refractivity contribution in [3.63, 3.8) is 0 Å². The largest absolute Gasteiger partial charge is 0.375 e. The quantitative estimate of drug-likeness (QED) is 0.211. The summed E-state index contributed by atoms with van der Waals surface area (Å²) < 4.78 is 29.6. The van der Waals surface area contributed by atoms with Crippen LogP contribution in [-0.2, 0) is 15.4 Å². The minimum Gasteiger partial charge on any atom is -0.375 e. The third-order valence-corrected chi connectivity index (χ3v) is 9.36. The van der Waals surface area contributed by atoms with Gasteiger partial charge < -0.3 is 10.1 Å². The van der Waals surface area contributed by atoms with Crippen molar-refractivity contribution in [2.75, 3.05) is 0 Å². The summed E-state index contributed by atoms with van der Waals surface area (Å²) in [6.07, 6.45) is 1.81. The molecular formula is C37H33NO3S. The van der Waals surface area contributed by atoms with E-state index in [-0.39, 0.29) is 9.80 Å². The maximum atomic E-state index is 14.8. The first-order chi connectivity index (χ1) is 20.1. The summed E-state index contributed by atoms with van der Waals surface area (Å²) >= 11 is 0. The number of fused-ring (bicyclic) bond motifs is 2. The molecule has 210 valence electrons. The summed E-state index contributed by atoms with van der Waals surface area (Å²) in [5.74, 6) is 0. The molecule has 0 saturated carbocycles. The summed E-state index contributed by atoms with van der Waals surface area (Å²) in [6.45, 7) is 5.95. The lowest BCUT2D eigenvalue weighted by molar-refractivity contribution is 0.121. The van der Waals surface area contributed by atoms with E-state index < -0.39 is 20.9 Å². The van der Waals surface area contributed by atoms with E-state index in [1.807, 2.05) is 142 Å². The molecule has 0 saturated heterocycles. The molecule has 1 aromatic heterocycles. The van der Waals surface area contributed by atoms with Crippen LogP contribution >= 0.6 is 0 Å². The Hall–Kier alpha value is -4.45. The Balaban J connectivity index is 1.72. The van der Waals surface area contributed by atoms with Gasteiger partial charge in [-0.3, -0.25) is 0 Å². The van der Waals surface area contributed by atoms with E-state index in [2.05, 4.69) is 4.98 Å². The molecule has 5 aromatic carbocycles. The van der Waals surface area contributed by atoms with Crippen LogP contribution in [0.5, 0.6) is 0 Å². The highest BCUT2D eigenvalue weighted by molar-refractivity contribution is 8.00. The Morgan fingerprint density at radius 1 is 0.690 bits per heavy atom. The van der Waals surface area contributed by atoms with Gasteiger partial charge in [0.25, 0.3) is 0 Å². The molecule has 2 N–H and O–H groups in total. The van der Waals surface area contributed by atoms with E-state index in [1.165, 1.54) is 0 Å². The van der Waals surface area contributed by atoms with E-state index in [9.17, 15) is 13.5 Å². The van der Waals surface area contributed by atoms with Gasteiger partial charge in [-0.15, -0.1) is 0 Å². The molecule has 4 nitrogen and oxygen atoms in total. The fraction of sp³-hybridized carbons (Fsp3) is 0.135. The fourth-order valence-electron chi connectivity index (χ4n) is 5.62. The molecule has 0 amide bonds. The first kappa shape index (κ1) is 27.7. The van der Waals surface area contributed by atoms with Crippen molar-refractivity contribution in [2.24, 2.45) is 5.41 Å². The molecule has 1 heterocycles. The molecule has 0 unspecified atom stereocenters. The lowest BCUT2D eigenvalue weighted by atomic mass is 9.81. The summed E-state index contributed by atoms with van der Waals surface area (Å²) in [5.41, 5.74) is 0.690. The number of sulfone groups is 1. The van der Waals surface area contributed by atoms with Gasteiger partial charge in [-0.25, -0.2) is 8.42 Å². The summed E-state index contributed by atoms with van der Waals surface area (Å²) in [7, 11) is -4.06. The number of aromatic amines is 1. The van der Waals surface area contributed by atoms with E-state index in [4.69, 9.17) is 0 Å². The predicted molar refractivity (Wildman–Crippen MR) is 172 cm³/mol. The first-order valence-electron chi connectivity index (χ1n) is 14.0. The van der Waals surface area contributed by atoms with Crippen molar-refractivity contribution in [1.82, 2.24) is 4.98 Å². The third kappa shape index (κ3) is 4.85. The summed E-state index contributed by atoms with van der Waals surface area (Å²) in [6, 6.07) is 39.4. The first-order valence-corrected chi connectivity index (χ1v) is 15.5. The van der Waals surface area contributed by atoms with Crippen LogP contribution in [0.2, 0.25) is 0 Å². The van der Waals surface area contributed by atoms with Gasteiger partial charge in [0.05, 0.1) is 15.5 Å². The van der Waals surface area contributed by atoms with Crippen molar-refractivity contribution in [3.05, 3.63) is 156 Å². The molecule has 0 atom stereocenters. The third-order valence-electron chi connectivity index (χ3n) is 7.58. The highest BCUT2D eigenvalue weighted by Gasteiger charge is 2.41. The van der Waals surface area contributed by atoms with Gasteiger partial charge in [-0.1, -0.05) is 136 Å². The molecule has 0 bridgehead atoms. The topological polar surface area (TPSA) is 70.2 Å². The Labute approximate surface area is 246 Å². The van der Waals surface area contributed by atoms with E-state index in [1.54, 1.807) is 12.1 Å². The number of hydrogen-bond donors (Lipinski definition) is 2. The highest BCUT2D eigenvalue weighted by Crippen LogP contribution is 2.46. The molecule has 42 heavy (non-hydrogen) atoms. The molecule has 0 spiro atoms. The van der Waals surface area contributed by atoms with Crippen LogP contribution in [0.15, 0.2) is 138 Å². The van der Waals surface area contributed by atoms with Crippen molar-refractivity contribution in [3.8, 4) is 0 Å². The fourth-order valence-corrected chi connectivity index (χ4v) is 7.39. The van der Waals surface area contributed by atoms with E-state index in [0.717, 1.165) is 21.7 Å². The zero-order chi connectivity index (χ0) is 29.5. The molecule has 6 aromatic rings. The van der Waals surface area contributed by atoms with E-state index >= 15 is 0 Å². The normalized spacial score (nSPS) is 13.1. The van der Waals surface area contributed by atoms with Gasteiger partial charge >= 0.3 is 0 Å². The van der Waals surface area contributed by atoms with E-state index in [0.29, 0.717) is 22.4 Å². The number of benzene rings is 5. The number of allylic oxidation sites excluding steroid dienone is 1. The molecule has 0 aliphatic heterocycles. The predicted octanol–water partition coefficient (Wildman–Crippen LogP) is 8.47. The number of rotatable bonds is 6. The second kappa shape index (κ2) is 10.4. The minimum absolute atomic E-state index is 0.156. The second-order valence-corrected chi connectivity index (χ2v) is 13.7. The minimum atomic E-state index is -4.06. The maximum Gasteiger partial charge on any atom is 0.206 e. The Bertz CT molecular complexity index is 1990. The van der Waals surface area contributed by atoms with Crippen molar-refractivity contribution in [1.29, 1.82) is 0 Å². The highest BCUT2D eigenvalue weighted by atomic mass is 32.2. The molecule has 0 aliphatic rings. The zero-order valence-corrected chi connectivity index (χ0v) is 24.7. The maximum absolute atomic E-state index is 14.8. The lowest BCUT2D eigenvalue weighted by Crippen LogP contribution is -2.31. The van der Waals surface area contributed by atoms with Crippen molar-refractivity contribution in [2.45, 2.75) is 31.3 Å². The van der Waals surface area contributed by atoms with Crippen LogP contribution in [0.25, 0.3) is 26.6 Å². The number of para-hydroxylation sites is 1.